The molecule has 1 amide bonds. The Hall–Kier alpha value is -3.07. The predicted octanol–water partition coefficient (Wildman–Crippen LogP) is 3.23. The molecule has 0 saturated carbocycles. The Labute approximate surface area is 172 Å². The number of esters is 1. The SMILES string of the molecule is COc1ccc(CCNC(=O)[C@@H](C)OC(=O)c2ccc(SC)c([N+](=O)[O-])c2)cc1. The molecule has 1 atom stereocenters. The van der Waals surface area contributed by atoms with Crippen molar-refractivity contribution in [3.63, 3.8) is 0 Å². The Kier molecular flexibility index (Phi) is 8.02. The van der Waals surface area contributed by atoms with Crippen LogP contribution < -0.4 is 10.1 Å². The average Bonchev–Trinajstić information content (AvgIpc) is 2.73. The van der Waals surface area contributed by atoms with E-state index in [1.807, 2.05) is 24.3 Å². The fourth-order valence-corrected chi connectivity index (χ4v) is 3.05. The summed E-state index contributed by atoms with van der Waals surface area (Å²) in [7, 11) is 1.59. The van der Waals surface area contributed by atoms with Gasteiger partial charge in [0.25, 0.3) is 11.6 Å². The average molecular weight is 418 g/mol. The van der Waals surface area contributed by atoms with Crippen LogP contribution in [0.25, 0.3) is 0 Å². The summed E-state index contributed by atoms with van der Waals surface area (Å²) in [5.74, 6) is -0.482. The largest absolute Gasteiger partial charge is 0.497 e. The second-order valence-corrected chi connectivity index (χ2v) is 6.93. The van der Waals surface area contributed by atoms with Crippen molar-refractivity contribution < 1.29 is 24.0 Å². The second kappa shape index (κ2) is 10.5. The quantitative estimate of drug-likeness (QED) is 0.288. The van der Waals surface area contributed by atoms with Gasteiger partial charge in [-0.05, 0) is 49.4 Å². The summed E-state index contributed by atoms with van der Waals surface area (Å²) in [6, 6.07) is 11.6. The Bertz CT molecular complexity index is 885. The number of ether oxygens (including phenoxy) is 2. The van der Waals surface area contributed by atoms with Crippen LogP contribution in [0.4, 0.5) is 5.69 Å². The lowest BCUT2D eigenvalue weighted by molar-refractivity contribution is -0.387. The number of carbonyl (C=O) groups excluding carboxylic acids is 2. The number of thioether (sulfide) groups is 1. The lowest BCUT2D eigenvalue weighted by Gasteiger charge is -2.14. The van der Waals surface area contributed by atoms with Gasteiger partial charge >= 0.3 is 5.97 Å². The van der Waals surface area contributed by atoms with Crippen LogP contribution in [0.1, 0.15) is 22.8 Å². The number of hydrogen-bond acceptors (Lipinski definition) is 7. The number of carbonyl (C=O) groups is 2. The number of nitro benzene ring substituents is 1. The highest BCUT2D eigenvalue weighted by Gasteiger charge is 2.22. The highest BCUT2D eigenvalue weighted by Crippen LogP contribution is 2.28. The van der Waals surface area contributed by atoms with Gasteiger partial charge < -0.3 is 14.8 Å². The topological polar surface area (TPSA) is 108 Å². The molecule has 0 saturated heterocycles. The van der Waals surface area contributed by atoms with Crippen LogP contribution in [-0.4, -0.2) is 42.8 Å². The van der Waals surface area contributed by atoms with E-state index >= 15 is 0 Å². The maximum Gasteiger partial charge on any atom is 0.339 e. The van der Waals surface area contributed by atoms with Crippen molar-refractivity contribution in [2.75, 3.05) is 19.9 Å². The number of nitrogens with zero attached hydrogens (tertiary/aromatic N) is 1. The molecule has 2 aromatic carbocycles. The molecule has 0 aliphatic carbocycles. The first kappa shape index (κ1) is 22.2. The monoisotopic (exact) mass is 418 g/mol. The Balaban J connectivity index is 1.88. The molecule has 0 unspecified atom stereocenters. The van der Waals surface area contributed by atoms with E-state index in [1.54, 1.807) is 13.4 Å². The van der Waals surface area contributed by atoms with Crippen LogP contribution in [0.3, 0.4) is 0 Å². The van der Waals surface area contributed by atoms with Gasteiger partial charge in [0.05, 0.1) is 22.5 Å². The normalized spacial score (nSPS) is 11.4. The summed E-state index contributed by atoms with van der Waals surface area (Å²) >= 11 is 1.21. The zero-order chi connectivity index (χ0) is 21.4. The van der Waals surface area contributed by atoms with E-state index in [1.165, 1.54) is 30.8 Å². The van der Waals surface area contributed by atoms with Crippen LogP contribution in [0.5, 0.6) is 5.75 Å². The van der Waals surface area contributed by atoms with Gasteiger partial charge in [-0.25, -0.2) is 4.79 Å². The minimum absolute atomic E-state index is 0.0207. The van der Waals surface area contributed by atoms with Crippen LogP contribution in [0, 0.1) is 10.1 Å². The third-order valence-corrected chi connectivity index (χ3v) is 4.92. The highest BCUT2D eigenvalue weighted by atomic mass is 32.2. The van der Waals surface area contributed by atoms with Gasteiger partial charge in [-0.15, -0.1) is 11.8 Å². The Morgan fingerprint density at radius 2 is 1.90 bits per heavy atom. The summed E-state index contributed by atoms with van der Waals surface area (Å²) in [6.07, 6.45) is 1.29. The molecule has 8 nitrogen and oxygen atoms in total. The first-order valence-corrected chi connectivity index (χ1v) is 10.0. The van der Waals surface area contributed by atoms with Crippen molar-refractivity contribution in [2.45, 2.75) is 24.3 Å². The molecule has 0 aliphatic rings. The van der Waals surface area contributed by atoms with Gasteiger partial charge in [0, 0.05) is 12.6 Å². The summed E-state index contributed by atoms with van der Waals surface area (Å²) < 4.78 is 10.2. The van der Waals surface area contributed by atoms with Gasteiger partial charge in [0.15, 0.2) is 6.10 Å². The first-order chi connectivity index (χ1) is 13.8. The van der Waals surface area contributed by atoms with Crippen molar-refractivity contribution in [3.8, 4) is 5.75 Å². The van der Waals surface area contributed by atoms with E-state index < -0.39 is 22.9 Å². The third-order valence-electron chi connectivity index (χ3n) is 4.14. The number of hydrogen-bond donors (Lipinski definition) is 1. The predicted molar refractivity (Wildman–Crippen MR) is 109 cm³/mol. The summed E-state index contributed by atoms with van der Waals surface area (Å²) in [5, 5.41) is 13.8. The molecule has 2 aromatic rings. The van der Waals surface area contributed by atoms with Crippen molar-refractivity contribution in [3.05, 3.63) is 63.7 Å². The van der Waals surface area contributed by atoms with E-state index in [0.717, 1.165) is 17.4 Å². The standard InChI is InChI=1S/C20H22N2O6S/c1-13(19(23)21-11-10-14-4-7-16(27-2)8-5-14)28-20(24)15-6-9-18(29-3)17(12-15)22(25)26/h4-9,12-13H,10-11H2,1-3H3,(H,21,23)/t13-/m1/s1. The van der Waals surface area contributed by atoms with Crippen molar-refractivity contribution in [1.82, 2.24) is 5.32 Å². The van der Waals surface area contributed by atoms with Crippen molar-refractivity contribution in [1.29, 1.82) is 0 Å². The molecule has 29 heavy (non-hydrogen) atoms. The Morgan fingerprint density at radius 1 is 1.21 bits per heavy atom. The van der Waals surface area contributed by atoms with Crippen LogP contribution in [0.2, 0.25) is 0 Å². The first-order valence-electron chi connectivity index (χ1n) is 8.79. The van der Waals surface area contributed by atoms with Crippen molar-refractivity contribution in [2.24, 2.45) is 0 Å². The number of nitrogens with one attached hydrogen (secondary N) is 1. The van der Waals surface area contributed by atoms with Crippen LogP contribution >= 0.6 is 11.8 Å². The summed E-state index contributed by atoms with van der Waals surface area (Å²) in [4.78, 5) is 35.4. The fourth-order valence-electron chi connectivity index (χ4n) is 2.51. The molecule has 9 heteroatoms. The van der Waals surface area contributed by atoms with E-state index in [9.17, 15) is 19.7 Å². The van der Waals surface area contributed by atoms with Crippen LogP contribution in [-0.2, 0) is 16.0 Å². The lowest BCUT2D eigenvalue weighted by Crippen LogP contribution is -2.36. The Morgan fingerprint density at radius 3 is 2.48 bits per heavy atom. The van der Waals surface area contributed by atoms with E-state index in [-0.39, 0.29) is 11.3 Å². The van der Waals surface area contributed by atoms with E-state index in [2.05, 4.69) is 5.32 Å². The van der Waals surface area contributed by atoms with E-state index in [0.29, 0.717) is 17.9 Å². The van der Waals surface area contributed by atoms with E-state index in [4.69, 9.17) is 9.47 Å². The smallest absolute Gasteiger partial charge is 0.339 e. The molecule has 2 rings (SSSR count). The van der Waals surface area contributed by atoms with Gasteiger partial charge in [0.2, 0.25) is 0 Å². The second-order valence-electron chi connectivity index (χ2n) is 6.08. The third kappa shape index (κ3) is 6.21. The summed E-state index contributed by atoms with van der Waals surface area (Å²) in [6.45, 7) is 1.83. The van der Waals surface area contributed by atoms with Crippen molar-refractivity contribution >= 4 is 29.3 Å². The molecule has 0 aromatic heterocycles. The maximum atomic E-state index is 12.2. The van der Waals surface area contributed by atoms with Gasteiger partial charge in [0.1, 0.15) is 5.75 Å². The number of nitro groups is 1. The number of methoxy groups -OCH3 is 1. The zero-order valence-electron chi connectivity index (χ0n) is 16.3. The van der Waals surface area contributed by atoms with Gasteiger partial charge in [-0.1, -0.05) is 12.1 Å². The molecular weight excluding hydrogens is 396 g/mol. The maximum absolute atomic E-state index is 12.2. The molecule has 0 spiro atoms. The van der Waals surface area contributed by atoms with Crippen LogP contribution in [0.15, 0.2) is 47.4 Å². The fraction of sp³-hybridized carbons (Fsp3) is 0.300. The molecular formula is C20H22N2O6S. The summed E-state index contributed by atoms with van der Waals surface area (Å²) in [5.41, 5.74) is 0.868. The molecule has 0 aliphatic heterocycles. The molecule has 0 bridgehead atoms. The molecule has 0 fully saturated rings. The minimum atomic E-state index is -1.03. The molecule has 0 radical (unpaired) electrons. The number of amides is 1. The van der Waals surface area contributed by atoms with Gasteiger partial charge in [-0.2, -0.15) is 0 Å². The number of benzene rings is 2. The molecule has 154 valence electrons. The zero-order valence-corrected chi connectivity index (χ0v) is 17.2. The molecule has 1 N–H and O–H groups in total. The lowest BCUT2D eigenvalue weighted by atomic mass is 10.1. The number of rotatable bonds is 9. The molecule has 0 heterocycles. The highest BCUT2D eigenvalue weighted by molar-refractivity contribution is 7.98. The van der Waals surface area contributed by atoms with Gasteiger partial charge in [-0.3, -0.25) is 14.9 Å². The minimum Gasteiger partial charge on any atom is -0.497 e.